The van der Waals surface area contributed by atoms with Crippen molar-refractivity contribution in [2.24, 2.45) is 0 Å². The molecule has 5 heterocycles. The molecular formula is C16H18N8S. The van der Waals surface area contributed by atoms with Gasteiger partial charge in [-0.3, -0.25) is 4.68 Å². The Bertz CT molecular complexity index is 970. The molecule has 0 amide bonds. The van der Waals surface area contributed by atoms with Crippen molar-refractivity contribution >= 4 is 16.3 Å². The lowest BCUT2D eigenvalue weighted by atomic mass is 10.2. The molecule has 9 heteroatoms. The van der Waals surface area contributed by atoms with Crippen molar-refractivity contribution in [3.8, 4) is 11.5 Å². The van der Waals surface area contributed by atoms with Crippen LogP contribution >= 0.6 is 11.3 Å². The summed E-state index contributed by atoms with van der Waals surface area (Å²) in [5, 5.41) is 12.5. The molecule has 0 aliphatic carbocycles. The summed E-state index contributed by atoms with van der Waals surface area (Å²) in [6.45, 7) is 4.96. The molecule has 0 bridgehead atoms. The van der Waals surface area contributed by atoms with Gasteiger partial charge in [-0.2, -0.15) is 10.2 Å². The Morgan fingerprint density at radius 3 is 3.24 bits per heavy atom. The van der Waals surface area contributed by atoms with Gasteiger partial charge < -0.3 is 9.88 Å². The Labute approximate surface area is 148 Å². The maximum atomic E-state index is 4.78. The molecule has 25 heavy (non-hydrogen) atoms. The monoisotopic (exact) mass is 354 g/mol. The van der Waals surface area contributed by atoms with Gasteiger partial charge in [0.15, 0.2) is 5.82 Å². The van der Waals surface area contributed by atoms with Crippen molar-refractivity contribution in [1.29, 1.82) is 0 Å². The van der Waals surface area contributed by atoms with Crippen LogP contribution in [0.15, 0.2) is 30.2 Å². The summed E-state index contributed by atoms with van der Waals surface area (Å²) in [5.74, 6) is 0.873. The van der Waals surface area contributed by atoms with Gasteiger partial charge in [-0.1, -0.05) is 11.3 Å². The maximum Gasteiger partial charge on any atom is 0.212 e. The third-order valence-electron chi connectivity index (χ3n) is 4.64. The van der Waals surface area contributed by atoms with Crippen molar-refractivity contribution in [3.05, 3.63) is 41.6 Å². The highest BCUT2D eigenvalue weighted by molar-refractivity contribution is 7.14. The second-order valence-corrected chi connectivity index (χ2v) is 7.05. The molecule has 1 aliphatic heterocycles. The van der Waals surface area contributed by atoms with Crippen LogP contribution in [-0.4, -0.2) is 40.5 Å². The zero-order valence-electron chi connectivity index (χ0n) is 13.8. The second-order valence-electron chi connectivity index (χ2n) is 6.24. The molecule has 1 aliphatic rings. The molecule has 0 saturated carbocycles. The second kappa shape index (κ2) is 5.78. The van der Waals surface area contributed by atoms with E-state index >= 15 is 0 Å². The minimum Gasteiger partial charge on any atom is -0.321 e. The van der Waals surface area contributed by atoms with E-state index in [9.17, 15) is 0 Å². The quantitative estimate of drug-likeness (QED) is 0.608. The number of imidazole rings is 2. The third kappa shape index (κ3) is 2.47. The fourth-order valence-electron chi connectivity index (χ4n) is 3.29. The van der Waals surface area contributed by atoms with E-state index in [1.807, 2.05) is 23.1 Å². The van der Waals surface area contributed by atoms with Crippen LogP contribution in [0.1, 0.15) is 30.8 Å². The van der Waals surface area contributed by atoms with E-state index in [0.717, 1.165) is 48.2 Å². The predicted molar refractivity (Wildman–Crippen MR) is 94.4 cm³/mol. The zero-order valence-corrected chi connectivity index (χ0v) is 14.6. The lowest BCUT2D eigenvalue weighted by Gasteiger charge is -2.13. The van der Waals surface area contributed by atoms with Crippen LogP contribution in [0.5, 0.6) is 0 Å². The lowest BCUT2D eigenvalue weighted by molar-refractivity contribution is 0.585. The molecule has 0 aromatic carbocycles. The smallest absolute Gasteiger partial charge is 0.212 e. The van der Waals surface area contributed by atoms with Gasteiger partial charge in [0.1, 0.15) is 11.2 Å². The van der Waals surface area contributed by atoms with Crippen LogP contribution in [0.4, 0.5) is 0 Å². The summed E-state index contributed by atoms with van der Waals surface area (Å²) in [4.78, 5) is 10.1. The van der Waals surface area contributed by atoms with Crippen molar-refractivity contribution < 1.29 is 0 Å². The third-order valence-corrected chi connectivity index (χ3v) is 5.33. The molecule has 1 N–H and O–H groups in total. The standard InChI is InChI=1S/C16H18N8S/c1-11(14-9-24-16(20-14)25-10-19-24)22-6-4-18-15(22)13-7-12-8-17-3-2-5-23(12)21-13/h4,6-7,9-11,17H,2-3,5,8H2,1H3. The number of fused-ring (bicyclic) bond motifs is 2. The van der Waals surface area contributed by atoms with Crippen LogP contribution < -0.4 is 5.32 Å². The van der Waals surface area contributed by atoms with Crippen LogP contribution in [0.2, 0.25) is 0 Å². The molecule has 4 aromatic heterocycles. The minimum absolute atomic E-state index is 0.0611. The Morgan fingerprint density at radius 1 is 1.36 bits per heavy atom. The summed E-state index contributed by atoms with van der Waals surface area (Å²) < 4.78 is 6.04. The number of aryl methyl sites for hydroxylation is 1. The molecule has 1 unspecified atom stereocenters. The first-order valence-corrected chi connectivity index (χ1v) is 9.27. The van der Waals surface area contributed by atoms with E-state index in [4.69, 9.17) is 5.10 Å². The van der Waals surface area contributed by atoms with E-state index in [-0.39, 0.29) is 6.04 Å². The van der Waals surface area contributed by atoms with Gasteiger partial charge in [-0.05, 0) is 26.0 Å². The molecule has 0 radical (unpaired) electrons. The predicted octanol–water partition coefficient (Wildman–Crippen LogP) is 1.95. The van der Waals surface area contributed by atoms with Crippen LogP contribution in [0.25, 0.3) is 16.5 Å². The molecular weight excluding hydrogens is 336 g/mol. The first-order chi connectivity index (χ1) is 12.3. The summed E-state index contributed by atoms with van der Waals surface area (Å²) in [5.41, 5.74) is 4.89. The van der Waals surface area contributed by atoms with E-state index in [1.54, 1.807) is 5.51 Å². The van der Waals surface area contributed by atoms with Crippen LogP contribution in [0.3, 0.4) is 0 Å². The van der Waals surface area contributed by atoms with E-state index < -0.39 is 0 Å². The van der Waals surface area contributed by atoms with Gasteiger partial charge in [-0.25, -0.2) is 14.5 Å². The topological polar surface area (TPSA) is 77.9 Å². The maximum absolute atomic E-state index is 4.78. The van der Waals surface area contributed by atoms with Gasteiger partial charge in [0.05, 0.1) is 23.6 Å². The number of nitrogens with one attached hydrogen (secondary N) is 1. The van der Waals surface area contributed by atoms with Gasteiger partial charge in [0.25, 0.3) is 0 Å². The Morgan fingerprint density at radius 2 is 2.32 bits per heavy atom. The van der Waals surface area contributed by atoms with Gasteiger partial charge in [0, 0.05) is 25.5 Å². The molecule has 8 nitrogen and oxygen atoms in total. The van der Waals surface area contributed by atoms with E-state index in [0.29, 0.717) is 0 Å². The molecule has 0 saturated heterocycles. The number of hydrogen-bond donors (Lipinski definition) is 1. The van der Waals surface area contributed by atoms with Gasteiger partial charge >= 0.3 is 0 Å². The van der Waals surface area contributed by atoms with Crippen molar-refractivity contribution in [1.82, 2.24) is 39.2 Å². The molecule has 1 atom stereocenters. The molecule has 5 rings (SSSR count). The molecule has 0 fully saturated rings. The first kappa shape index (κ1) is 14.8. The average molecular weight is 354 g/mol. The van der Waals surface area contributed by atoms with Gasteiger partial charge in [-0.15, -0.1) is 0 Å². The summed E-state index contributed by atoms with van der Waals surface area (Å²) in [6, 6.07) is 2.20. The summed E-state index contributed by atoms with van der Waals surface area (Å²) in [6.07, 6.45) is 6.89. The van der Waals surface area contributed by atoms with E-state index in [1.165, 1.54) is 17.0 Å². The molecule has 128 valence electrons. The summed E-state index contributed by atoms with van der Waals surface area (Å²) >= 11 is 1.54. The summed E-state index contributed by atoms with van der Waals surface area (Å²) in [7, 11) is 0. The van der Waals surface area contributed by atoms with Crippen LogP contribution in [0, 0.1) is 0 Å². The number of aromatic nitrogens is 7. The lowest BCUT2D eigenvalue weighted by Crippen LogP contribution is -2.11. The SMILES string of the molecule is CC(c1cn2ncsc2n1)n1ccnc1-c1cc2n(n1)CCCNC2. The fourth-order valence-corrected chi connectivity index (χ4v) is 3.90. The largest absolute Gasteiger partial charge is 0.321 e. The van der Waals surface area contributed by atoms with Crippen LogP contribution in [-0.2, 0) is 13.1 Å². The number of hydrogen-bond acceptors (Lipinski definition) is 6. The van der Waals surface area contributed by atoms with Gasteiger partial charge in [0.2, 0.25) is 4.96 Å². The Balaban J connectivity index is 1.52. The average Bonchev–Trinajstić information content (AvgIpc) is 3.35. The minimum atomic E-state index is 0.0611. The van der Waals surface area contributed by atoms with E-state index in [2.05, 4.69) is 42.6 Å². The highest BCUT2D eigenvalue weighted by atomic mass is 32.1. The fraction of sp³-hybridized carbons (Fsp3) is 0.375. The Hall–Kier alpha value is -2.52. The molecule has 0 spiro atoms. The zero-order chi connectivity index (χ0) is 16.8. The highest BCUT2D eigenvalue weighted by Gasteiger charge is 2.20. The molecule has 4 aromatic rings. The first-order valence-electron chi connectivity index (χ1n) is 8.39. The number of nitrogens with zero attached hydrogens (tertiary/aromatic N) is 7. The van der Waals surface area contributed by atoms with Crippen molar-refractivity contribution in [3.63, 3.8) is 0 Å². The highest BCUT2D eigenvalue weighted by Crippen LogP contribution is 2.26. The Kier molecular flexibility index (Phi) is 3.42. The normalized spacial score (nSPS) is 16.0. The van der Waals surface area contributed by atoms with Crippen molar-refractivity contribution in [2.45, 2.75) is 32.5 Å². The van der Waals surface area contributed by atoms with Crippen molar-refractivity contribution in [2.75, 3.05) is 6.54 Å². The number of rotatable bonds is 3.